The molecule has 0 spiro atoms. The molecule has 6 heteroatoms. The second-order valence-corrected chi connectivity index (χ2v) is 4.62. The molecule has 0 aliphatic heterocycles. The van der Waals surface area contributed by atoms with Crippen LogP contribution in [0.4, 0.5) is 4.79 Å². The number of rotatable bonds is 7. The standard InChI is InChI=1S/C14H22N4O2/c1-11(17-14(16)20)13(19)18(9-5-8-15)10-12-6-3-2-4-7-12/h2-4,6-7,11H,5,8-10,15H2,1H3,(H3,16,17,20). The zero-order valence-corrected chi connectivity index (χ0v) is 11.7. The summed E-state index contributed by atoms with van der Waals surface area (Å²) in [5.41, 5.74) is 11.6. The number of hydrogen-bond donors (Lipinski definition) is 3. The topological polar surface area (TPSA) is 101 Å². The van der Waals surface area contributed by atoms with Crippen LogP contribution in [-0.4, -0.2) is 36.0 Å². The Morgan fingerprint density at radius 3 is 2.50 bits per heavy atom. The first-order valence-electron chi connectivity index (χ1n) is 6.63. The number of hydrogen-bond acceptors (Lipinski definition) is 3. The van der Waals surface area contributed by atoms with E-state index in [0.29, 0.717) is 26.1 Å². The lowest BCUT2D eigenvalue weighted by Gasteiger charge is -2.26. The fourth-order valence-corrected chi connectivity index (χ4v) is 1.90. The Balaban J connectivity index is 2.72. The van der Waals surface area contributed by atoms with E-state index < -0.39 is 12.1 Å². The van der Waals surface area contributed by atoms with E-state index in [1.165, 1.54) is 0 Å². The Hall–Kier alpha value is -2.08. The molecule has 0 saturated carbocycles. The molecule has 20 heavy (non-hydrogen) atoms. The summed E-state index contributed by atoms with van der Waals surface area (Å²) in [7, 11) is 0. The highest BCUT2D eigenvalue weighted by molar-refractivity contribution is 5.86. The van der Waals surface area contributed by atoms with E-state index >= 15 is 0 Å². The minimum Gasteiger partial charge on any atom is -0.352 e. The molecule has 6 nitrogen and oxygen atoms in total. The van der Waals surface area contributed by atoms with Crippen LogP contribution in [0, 0.1) is 0 Å². The average molecular weight is 278 g/mol. The van der Waals surface area contributed by atoms with E-state index in [2.05, 4.69) is 5.32 Å². The maximum absolute atomic E-state index is 12.3. The van der Waals surface area contributed by atoms with Gasteiger partial charge in [-0.3, -0.25) is 4.79 Å². The number of carbonyl (C=O) groups is 2. The SMILES string of the molecule is CC(NC(N)=O)C(=O)N(CCCN)Cc1ccccc1. The van der Waals surface area contributed by atoms with Gasteiger partial charge in [-0.25, -0.2) is 4.79 Å². The van der Waals surface area contributed by atoms with E-state index in [1.54, 1.807) is 11.8 Å². The van der Waals surface area contributed by atoms with Crippen molar-refractivity contribution in [2.24, 2.45) is 11.5 Å². The van der Waals surface area contributed by atoms with Gasteiger partial charge in [-0.2, -0.15) is 0 Å². The molecule has 0 heterocycles. The van der Waals surface area contributed by atoms with Gasteiger partial charge in [0, 0.05) is 13.1 Å². The summed E-state index contributed by atoms with van der Waals surface area (Å²) in [5.74, 6) is -0.166. The van der Waals surface area contributed by atoms with E-state index in [1.807, 2.05) is 30.3 Å². The summed E-state index contributed by atoms with van der Waals surface area (Å²) < 4.78 is 0. The Labute approximate surface area is 119 Å². The van der Waals surface area contributed by atoms with Crippen LogP contribution >= 0.6 is 0 Å². The number of primary amides is 1. The van der Waals surface area contributed by atoms with Crippen molar-refractivity contribution < 1.29 is 9.59 Å². The summed E-state index contributed by atoms with van der Waals surface area (Å²) in [6.45, 7) is 3.17. The van der Waals surface area contributed by atoms with Gasteiger partial charge < -0.3 is 21.7 Å². The van der Waals surface area contributed by atoms with Crippen LogP contribution in [0.3, 0.4) is 0 Å². The monoisotopic (exact) mass is 278 g/mol. The Kier molecular flexibility index (Phi) is 6.52. The number of nitrogens with one attached hydrogen (secondary N) is 1. The average Bonchev–Trinajstić information content (AvgIpc) is 2.43. The van der Waals surface area contributed by atoms with Gasteiger partial charge in [0.25, 0.3) is 0 Å². The Bertz CT molecular complexity index is 436. The van der Waals surface area contributed by atoms with Crippen LogP contribution < -0.4 is 16.8 Å². The minimum atomic E-state index is -0.704. The summed E-state index contributed by atoms with van der Waals surface area (Å²) in [4.78, 5) is 24.8. The first-order valence-corrected chi connectivity index (χ1v) is 6.63. The van der Waals surface area contributed by atoms with Crippen LogP contribution in [0.2, 0.25) is 0 Å². The predicted molar refractivity (Wildman–Crippen MR) is 77.7 cm³/mol. The maximum Gasteiger partial charge on any atom is 0.312 e. The van der Waals surface area contributed by atoms with Gasteiger partial charge in [-0.05, 0) is 25.5 Å². The number of benzene rings is 1. The lowest BCUT2D eigenvalue weighted by molar-refractivity contribution is -0.133. The minimum absolute atomic E-state index is 0.166. The van der Waals surface area contributed by atoms with Crippen LogP contribution in [0.1, 0.15) is 18.9 Å². The third-order valence-corrected chi connectivity index (χ3v) is 2.89. The molecular formula is C14H22N4O2. The maximum atomic E-state index is 12.3. The van der Waals surface area contributed by atoms with Crippen molar-refractivity contribution in [2.75, 3.05) is 13.1 Å². The van der Waals surface area contributed by atoms with Crippen LogP contribution in [0.25, 0.3) is 0 Å². The second-order valence-electron chi connectivity index (χ2n) is 4.62. The Morgan fingerprint density at radius 1 is 1.30 bits per heavy atom. The van der Waals surface area contributed by atoms with Crippen molar-refractivity contribution in [3.63, 3.8) is 0 Å². The summed E-state index contributed by atoms with van der Waals surface area (Å²) in [6.07, 6.45) is 0.710. The van der Waals surface area contributed by atoms with Crippen molar-refractivity contribution in [1.82, 2.24) is 10.2 Å². The lowest BCUT2D eigenvalue weighted by Crippen LogP contribution is -2.48. The van der Waals surface area contributed by atoms with Gasteiger partial charge in [-0.15, -0.1) is 0 Å². The summed E-state index contributed by atoms with van der Waals surface area (Å²) in [6, 6.07) is 8.33. The molecule has 1 aromatic carbocycles. The molecule has 1 atom stereocenters. The quantitative estimate of drug-likeness (QED) is 0.673. The molecule has 1 aromatic rings. The van der Waals surface area contributed by atoms with E-state index in [-0.39, 0.29) is 5.91 Å². The van der Waals surface area contributed by atoms with Crippen molar-refractivity contribution in [3.05, 3.63) is 35.9 Å². The first-order chi connectivity index (χ1) is 9.54. The number of nitrogens with two attached hydrogens (primary N) is 2. The fraction of sp³-hybridized carbons (Fsp3) is 0.429. The van der Waals surface area contributed by atoms with Gasteiger partial charge in [0.05, 0.1) is 0 Å². The van der Waals surface area contributed by atoms with Crippen LogP contribution in [0.15, 0.2) is 30.3 Å². The van der Waals surface area contributed by atoms with Crippen LogP contribution in [-0.2, 0) is 11.3 Å². The fourth-order valence-electron chi connectivity index (χ4n) is 1.90. The molecule has 0 bridgehead atoms. The third-order valence-electron chi connectivity index (χ3n) is 2.89. The highest BCUT2D eigenvalue weighted by Crippen LogP contribution is 2.07. The summed E-state index contributed by atoms with van der Waals surface area (Å²) >= 11 is 0. The molecule has 3 amide bonds. The first kappa shape index (κ1) is 16.0. The van der Waals surface area contributed by atoms with Gasteiger partial charge in [-0.1, -0.05) is 30.3 Å². The smallest absolute Gasteiger partial charge is 0.312 e. The number of nitrogens with zero attached hydrogens (tertiary/aromatic N) is 1. The highest BCUT2D eigenvalue weighted by atomic mass is 16.2. The molecule has 0 saturated heterocycles. The molecule has 0 fully saturated rings. The molecular weight excluding hydrogens is 256 g/mol. The normalized spacial score (nSPS) is 11.7. The van der Waals surface area contributed by atoms with Crippen molar-refractivity contribution in [2.45, 2.75) is 25.9 Å². The number of carbonyl (C=O) groups excluding carboxylic acids is 2. The van der Waals surface area contributed by atoms with Crippen molar-refractivity contribution in [1.29, 1.82) is 0 Å². The molecule has 0 aliphatic carbocycles. The number of urea groups is 1. The van der Waals surface area contributed by atoms with Gasteiger partial charge in [0.1, 0.15) is 6.04 Å². The van der Waals surface area contributed by atoms with Crippen molar-refractivity contribution in [3.8, 4) is 0 Å². The molecule has 0 radical (unpaired) electrons. The molecule has 0 aromatic heterocycles. The molecule has 110 valence electrons. The predicted octanol–water partition coefficient (Wildman–Crippen LogP) is 0.421. The highest BCUT2D eigenvalue weighted by Gasteiger charge is 2.21. The number of amides is 3. The second kappa shape index (κ2) is 8.16. The lowest BCUT2D eigenvalue weighted by atomic mass is 10.2. The molecule has 1 rings (SSSR count). The van der Waals surface area contributed by atoms with Crippen LogP contribution in [0.5, 0.6) is 0 Å². The zero-order chi connectivity index (χ0) is 15.0. The van der Waals surface area contributed by atoms with Gasteiger partial charge in [0.15, 0.2) is 0 Å². The van der Waals surface area contributed by atoms with E-state index in [4.69, 9.17) is 11.5 Å². The van der Waals surface area contributed by atoms with Crippen molar-refractivity contribution >= 4 is 11.9 Å². The van der Waals surface area contributed by atoms with E-state index in [9.17, 15) is 9.59 Å². The Morgan fingerprint density at radius 2 is 1.95 bits per heavy atom. The largest absolute Gasteiger partial charge is 0.352 e. The summed E-state index contributed by atoms with van der Waals surface area (Å²) in [5, 5.41) is 2.40. The van der Waals surface area contributed by atoms with Gasteiger partial charge in [0.2, 0.25) is 5.91 Å². The molecule has 0 aliphatic rings. The molecule has 5 N–H and O–H groups in total. The third kappa shape index (κ3) is 5.27. The molecule has 1 unspecified atom stereocenters. The van der Waals surface area contributed by atoms with Gasteiger partial charge >= 0.3 is 6.03 Å². The van der Waals surface area contributed by atoms with E-state index in [0.717, 1.165) is 5.56 Å². The zero-order valence-electron chi connectivity index (χ0n) is 11.7.